The van der Waals surface area contributed by atoms with Crippen molar-refractivity contribution in [3.63, 3.8) is 0 Å². The van der Waals surface area contributed by atoms with Gasteiger partial charge in [-0.2, -0.15) is 13.1 Å². The second kappa shape index (κ2) is 18.4. The molecule has 2 rings (SSSR count). The first-order valence-electron chi connectivity index (χ1n) is 9.69. The molecule has 0 bridgehead atoms. The van der Waals surface area contributed by atoms with Crippen molar-refractivity contribution in [2.75, 3.05) is 39.3 Å². The number of carbonyl (C=O) groups is 2. The molecule has 0 aromatic heterocycles. The molecule has 158 valence electrons. The molecule has 0 aliphatic heterocycles. The number of nitrogens with zero attached hydrogens (tertiary/aromatic N) is 2. The van der Waals surface area contributed by atoms with Gasteiger partial charge in [0.15, 0.2) is 11.6 Å². The molecule has 2 N–H and O–H groups in total. The third kappa shape index (κ3) is 12.4. The maximum absolute atomic E-state index is 11.5. The zero-order valence-electron chi connectivity index (χ0n) is 17.1. The first kappa shape index (κ1) is 28.7. The average molecular weight is 574 g/mol. The number of carbonyl (C=O) groups excluding carboxylic acids is 2. The van der Waals surface area contributed by atoms with Crippen molar-refractivity contribution in [3.8, 4) is 0 Å². The van der Waals surface area contributed by atoms with Crippen LogP contribution in [0.15, 0.2) is 72.2 Å². The number of ketones is 2. The maximum Gasteiger partial charge on any atom is 3.00 e. The minimum atomic E-state index is 0. The van der Waals surface area contributed by atoms with Gasteiger partial charge in [0, 0.05) is 36.6 Å². The van der Waals surface area contributed by atoms with E-state index >= 15 is 0 Å². The minimum Gasteiger partial charge on any atom is -1.00 e. The monoisotopic (exact) mass is 574 g/mol. The Balaban J connectivity index is 0.00000420. The van der Waals surface area contributed by atoms with E-state index in [1.165, 1.54) is 0 Å². The fourth-order valence-corrected chi connectivity index (χ4v) is 2.51. The number of nitrogens with one attached hydrogen (secondary N) is 2. The fraction of sp³-hybridized carbons (Fsp3) is 0.364. The zero-order valence-corrected chi connectivity index (χ0v) is 21.7. The molecule has 30 heavy (non-hydrogen) atoms. The Morgan fingerprint density at radius 3 is 1.47 bits per heavy atom. The largest absolute Gasteiger partial charge is 3.00 e. The summed E-state index contributed by atoms with van der Waals surface area (Å²) in [5, 5.41) is 15.2. The van der Waals surface area contributed by atoms with E-state index in [9.17, 15) is 9.59 Å². The van der Waals surface area contributed by atoms with Crippen molar-refractivity contribution in [1.29, 1.82) is 0 Å². The normalized spacial score (nSPS) is 17.2. The molecule has 0 unspecified atom stereocenters. The van der Waals surface area contributed by atoms with Crippen LogP contribution in [-0.4, -0.2) is 70.6 Å². The van der Waals surface area contributed by atoms with Gasteiger partial charge >= 0.3 is 19.8 Å². The van der Waals surface area contributed by atoms with Crippen LogP contribution in [0.3, 0.4) is 0 Å². The summed E-state index contributed by atoms with van der Waals surface area (Å²) < 4.78 is 0. The fourth-order valence-electron chi connectivity index (χ4n) is 2.51. The molecule has 0 heterocycles. The minimum absolute atomic E-state index is 0. The SMILES string of the molecule is O=C1C=CC=C/C1=C/NCCC[N-]CC[N-]CCCN/C=C1\C=CC=CC1=O.[67Ga+3].[I-]. The standard InChI is InChI=1S/C22H28N4O2.Ga.HI/c27-21-9-3-1-7-19(21)17-25-13-5-11-23-15-16-24-12-6-14-26-18-20-8-2-4-10-22(20)28;;/h1-4,7-10,17-18,25-26H,5-6,11-16H2;;1H/q-2;+3;/p-1/b19-17-,20-18+;;/i;1-3;. The van der Waals surface area contributed by atoms with Crippen molar-refractivity contribution >= 4 is 31.4 Å². The van der Waals surface area contributed by atoms with E-state index in [4.69, 9.17) is 0 Å². The third-order valence-corrected chi connectivity index (χ3v) is 4.04. The molecule has 0 radical (unpaired) electrons. The van der Waals surface area contributed by atoms with Crippen LogP contribution in [0.5, 0.6) is 0 Å². The Morgan fingerprint density at radius 1 is 0.667 bits per heavy atom. The van der Waals surface area contributed by atoms with Crippen LogP contribution in [0.2, 0.25) is 0 Å². The van der Waals surface area contributed by atoms with Crippen molar-refractivity contribution in [3.05, 3.63) is 82.8 Å². The van der Waals surface area contributed by atoms with Crippen LogP contribution in [0, 0.1) is 0 Å². The first-order chi connectivity index (χ1) is 13.8. The van der Waals surface area contributed by atoms with Gasteiger partial charge in [-0.25, -0.2) is 0 Å². The molecule has 0 aromatic rings. The summed E-state index contributed by atoms with van der Waals surface area (Å²) in [5.74, 6) is 0.0641. The Bertz CT molecular complexity index is 652. The molecule has 0 aromatic carbocycles. The zero-order chi connectivity index (χ0) is 19.9. The van der Waals surface area contributed by atoms with Crippen LogP contribution in [0.25, 0.3) is 10.6 Å². The Kier molecular flexibility index (Phi) is 17.6. The summed E-state index contributed by atoms with van der Waals surface area (Å²) in [6, 6.07) is 0. The number of rotatable bonds is 13. The molecule has 0 amide bonds. The van der Waals surface area contributed by atoms with E-state index < -0.39 is 0 Å². The first-order valence-corrected chi connectivity index (χ1v) is 9.69. The van der Waals surface area contributed by atoms with Crippen LogP contribution in [0.1, 0.15) is 12.8 Å². The topological polar surface area (TPSA) is 86.4 Å². The number of hydrogen-bond donors (Lipinski definition) is 2. The quantitative estimate of drug-likeness (QED) is 0.134. The summed E-state index contributed by atoms with van der Waals surface area (Å²) in [4.78, 5) is 23.1. The van der Waals surface area contributed by atoms with E-state index in [0.29, 0.717) is 11.1 Å². The molecular formula is C22H28GaIN4O2. The van der Waals surface area contributed by atoms with Gasteiger partial charge in [-0.05, 0) is 24.3 Å². The summed E-state index contributed by atoms with van der Waals surface area (Å²) >= 11 is 0. The summed E-state index contributed by atoms with van der Waals surface area (Å²) in [5.41, 5.74) is 1.37. The predicted molar refractivity (Wildman–Crippen MR) is 120 cm³/mol. The molecule has 0 saturated carbocycles. The Hall–Kier alpha value is -1.33. The number of halogens is 1. The van der Waals surface area contributed by atoms with Gasteiger partial charge in [-0.3, -0.25) is 9.59 Å². The summed E-state index contributed by atoms with van der Waals surface area (Å²) in [6.45, 7) is 4.67. The van der Waals surface area contributed by atoms with Gasteiger partial charge in [-0.15, -0.1) is 13.1 Å². The van der Waals surface area contributed by atoms with Crippen molar-refractivity contribution in [1.82, 2.24) is 10.6 Å². The smallest absolute Gasteiger partial charge is 1.00 e. The van der Waals surface area contributed by atoms with E-state index in [-0.39, 0.29) is 55.3 Å². The van der Waals surface area contributed by atoms with E-state index in [0.717, 1.165) is 52.1 Å². The molecule has 2 aliphatic rings. The van der Waals surface area contributed by atoms with Crippen LogP contribution in [-0.2, 0) is 9.59 Å². The van der Waals surface area contributed by atoms with E-state index in [1.807, 2.05) is 12.2 Å². The van der Waals surface area contributed by atoms with Crippen LogP contribution in [0.4, 0.5) is 0 Å². The van der Waals surface area contributed by atoms with Gasteiger partial charge in [0.2, 0.25) is 0 Å². The maximum atomic E-state index is 11.5. The molecule has 0 spiro atoms. The van der Waals surface area contributed by atoms with Crippen LogP contribution >= 0.6 is 0 Å². The Morgan fingerprint density at radius 2 is 1.07 bits per heavy atom. The van der Waals surface area contributed by atoms with Crippen molar-refractivity contribution in [2.45, 2.75) is 12.8 Å². The molecule has 0 saturated heterocycles. The molecule has 6 nitrogen and oxygen atoms in total. The van der Waals surface area contributed by atoms with Crippen LogP contribution < -0.4 is 34.6 Å². The molecule has 8 heteroatoms. The summed E-state index contributed by atoms with van der Waals surface area (Å²) in [6.07, 6.45) is 19.3. The second-order valence-corrected chi connectivity index (χ2v) is 6.32. The van der Waals surface area contributed by atoms with Gasteiger partial charge in [0.1, 0.15) is 0 Å². The predicted octanol–water partition coefficient (Wildman–Crippen LogP) is -0.526. The molecule has 2 aliphatic carbocycles. The second-order valence-electron chi connectivity index (χ2n) is 6.32. The molecule has 0 fully saturated rings. The van der Waals surface area contributed by atoms with Gasteiger partial charge in [0.05, 0.1) is 0 Å². The average Bonchev–Trinajstić information content (AvgIpc) is 2.71. The molecular weight excluding hydrogens is 546 g/mol. The Labute approximate surface area is 209 Å². The number of hydrogen-bond acceptors (Lipinski definition) is 4. The van der Waals surface area contributed by atoms with E-state index in [1.54, 1.807) is 48.9 Å². The van der Waals surface area contributed by atoms with E-state index in [2.05, 4.69) is 21.3 Å². The van der Waals surface area contributed by atoms with Gasteiger partial charge in [0.25, 0.3) is 0 Å². The van der Waals surface area contributed by atoms with Gasteiger partial charge < -0.3 is 45.2 Å². The van der Waals surface area contributed by atoms with Crippen molar-refractivity contribution in [2.24, 2.45) is 0 Å². The van der Waals surface area contributed by atoms with Crippen molar-refractivity contribution < 1.29 is 33.6 Å². The summed E-state index contributed by atoms with van der Waals surface area (Å²) in [7, 11) is 0. The number of allylic oxidation sites excluding steroid dienone is 10. The third-order valence-electron chi connectivity index (χ3n) is 4.04. The van der Waals surface area contributed by atoms with Gasteiger partial charge in [-0.1, -0.05) is 37.1 Å². The molecule has 0 atom stereocenters.